The van der Waals surface area contributed by atoms with Crippen LogP contribution < -0.4 is 0 Å². The minimum atomic E-state index is -0.823. The Hall–Kier alpha value is -0.160. The summed E-state index contributed by atoms with van der Waals surface area (Å²) in [5.41, 5.74) is 0. The molecular weight excluding hydrogens is 160 g/mol. The molecule has 0 amide bonds. The second kappa shape index (κ2) is 4.77. The lowest BCUT2D eigenvalue weighted by Gasteiger charge is -2.11. The van der Waals surface area contributed by atoms with Crippen molar-refractivity contribution in [1.29, 1.82) is 0 Å². The maximum atomic E-state index is 9.31. The number of hydrogen-bond donors (Lipinski definition) is 3. The molecule has 0 aromatic rings. The van der Waals surface area contributed by atoms with Gasteiger partial charge in [0.25, 0.3) is 0 Å². The molecule has 12 heavy (non-hydrogen) atoms. The van der Waals surface area contributed by atoms with E-state index in [1.54, 1.807) is 0 Å². The van der Waals surface area contributed by atoms with Gasteiger partial charge in [-0.25, -0.2) is 0 Å². The Bertz CT molecular complexity index is 124. The maximum Gasteiger partial charge on any atom is 0.100 e. The van der Waals surface area contributed by atoms with Crippen LogP contribution in [0.1, 0.15) is 12.8 Å². The highest BCUT2D eigenvalue weighted by molar-refractivity contribution is 4.80. The van der Waals surface area contributed by atoms with E-state index in [0.29, 0.717) is 5.92 Å². The summed E-state index contributed by atoms with van der Waals surface area (Å²) in [5, 5.41) is 26.6. The van der Waals surface area contributed by atoms with Crippen molar-refractivity contribution in [2.45, 2.75) is 25.0 Å². The average Bonchev–Trinajstić information content (AvgIpc) is 2.86. The van der Waals surface area contributed by atoms with Crippen LogP contribution in [0.25, 0.3) is 0 Å². The van der Waals surface area contributed by atoms with Crippen molar-refractivity contribution in [1.82, 2.24) is 0 Å². The van der Waals surface area contributed by atoms with Crippen LogP contribution in [0, 0.1) is 5.92 Å². The van der Waals surface area contributed by atoms with Gasteiger partial charge in [0.05, 0.1) is 25.9 Å². The maximum absolute atomic E-state index is 9.31. The molecule has 0 saturated heterocycles. The van der Waals surface area contributed by atoms with Gasteiger partial charge in [0.2, 0.25) is 0 Å². The smallest absolute Gasteiger partial charge is 0.100 e. The fourth-order valence-electron chi connectivity index (χ4n) is 0.995. The molecular formula is C8H16O4. The Kier molecular flexibility index (Phi) is 3.94. The molecule has 3 N–H and O–H groups in total. The van der Waals surface area contributed by atoms with Crippen LogP contribution in [0.2, 0.25) is 0 Å². The monoisotopic (exact) mass is 176 g/mol. The third-order valence-corrected chi connectivity index (χ3v) is 1.98. The molecule has 2 unspecified atom stereocenters. The second-order valence-corrected chi connectivity index (χ2v) is 3.28. The number of rotatable bonds is 6. The predicted octanol–water partition coefficient (Wildman–Crippen LogP) is -0.873. The summed E-state index contributed by atoms with van der Waals surface area (Å²) in [6, 6.07) is 0. The largest absolute Gasteiger partial charge is 0.394 e. The predicted molar refractivity (Wildman–Crippen MR) is 42.6 cm³/mol. The van der Waals surface area contributed by atoms with Crippen LogP contribution in [0.3, 0.4) is 0 Å². The Balaban J connectivity index is 1.93. The van der Waals surface area contributed by atoms with Crippen LogP contribution >= 0.6 is 0 Å². The van der Waals surface area contributed by atoms with Crippen LogP contribution in [-0.2, 0) is 4.74 Å². The zero-order valence-corrected chi connectivity index (χ0v) is 7.02. The van der Waals surface area contributed by atoms with E-state index < -0.39 is 12.2 Å². The molecule has 0 aromatic heterocycles. The van der Waals surface area contributed by atoms with Gasteiger partial charge in [-0.05, 0) is 18.8 Å². The normalized spacial score (nSPS) is 22.2. The number of aliphatic hydroxyl groups excluding tert-OH is 3. The van der Waals surface area contributed by atoms with E-state index in [9.17, 15) is 5.11 Å². The van der Waals surface area contributed by atoms with Gasteiger partial charge in [0.1, 0.15) is 6.10 Å². The molecule has 2 atom stereocenters. The minimum absolute atomic E-state index is 0.0975. The topological polar surface area (TPSA) is 69.9 Å². The zero-order chi connectivity index (χ0) is 8.97. The van der Waals surface area contributed by atoms with Gasteiger partial charge >= 0.3 is 0 Å². The van der Waals surface area contributed by atoms with Crippen molar-refractivity contribution in [2.75, 3.05) is 19.8 Å². The highest BCUT2D eigenvalue weighted by atomic mass is 16.5. The van der Waals surface area contributed by atoms with Crippen molar-refractivity contribution in [3.05, 3.63) is 0 Å². The SMILES string of the molecule is OCC(O)COCC(O)C1CC1. The van der Waals surface area contributed by atoms with E-state index in [2.05, 4.69) is 0 Å². The molecule has 1 aliphatic rings. The molecule has 1 aliphatic carbocycles. The van der Waals surface area contributed by atoms with Gasteiger partial charge < -0.3 is 20.1 Å². The van der Waals surface area contributed by atoms with Crippen LogP contribution in [-0.4, -0.2) is 47.3 Å². The Morgan fingerprint density at radius 3 is 2.42 bits per heavy atom. The van der Waals surface area contributed by atoms with Crippen molar-refractivity contribution in [3.63, 3.8) is 0 Å². The fraction of sp³-hybridized carbons (Fsp3) is 1.00. The first-order chi connectivity index (χ1) is 5.74. The van der Waals surface area contributed by atoms with Crippen LogP contribution in [0.15, 0.2) is 0 Å². The van der Waals surface area contributed by atoms with Crippen LogP contribution in [0.4, 0.5) is 0 Å². The summed E-state index contributed by atoms with van der Waals surface area (Å²) in [6.07, 6.45) is 0.937. The van der Waals surface area contributed by atoms with E-state index in [-0.39, 0.29) is 19.8 Å². The molecule has 0 heterocycles. The summed E-state index contributed by atoms with van der Waals surface area (Å²) in [5.74, 6) is 0.399. The number of aliphatic hydroxyl groups is 3. The molecule has 4 nitrogen and oxygen atoms in total. The molecule has 4 heteroatoms. The Labute approximate surface area is 71.8 Å². The van der Waals surface area contributed by atoms with Crippen molar-refractivity contribution >= 4 is 0 Å². The molecule has 0 radical (unpaired) electrons. The van der Waals surface area contributed by atoms with Crippen LogP contribution in [0.5, 0.6) is 0 Å². The fourth-order valence-corrected chi connectivity index (χ4v) is 0.995. The van der Waals surface area contributed by atoms with E-state index in [1.165, 1.54) is 0 Å². The lowest BCUT2D eigenvalue weighted by molar-refractivity contribution is -0.0289. The van der Waals surface area contributed by atoms with Gasteiger partial charge in [-0.15, -0.1) is 0 Å². The van der Waals surface area contributed by atoms with Gasteiger partial charge in [-0.3, -0.25) is 0 Å². The zero-order valence-electron chi connectivity index (χ0n) is 7.02. The highest BCUT2D eigenvalue weighted by Gasteiger charge is 2.29. The van der Waals surface area contributed by atoms with Crippen molar-refractivity contribution < 1.29 is 20.1 Å². The first-order valence-electron chi connectivity index (χ1n) is 4.28. The third kappa shape index (κ3) is 3.49. The van der Waals surface area contributed by atoms with Gasteiger partial charge in [-0.2, -0.15) is 0 Å². The molecule has 1 saturated carbocycles. The highest BCUT2D eigenvalue weighted by Crippen LogP contribution is 2.32. The standard InChI is InChI=1S/C8H16O4/c9-3-7(10)4-12-5-8(11)6-1-2-6/h6-11H,1-5H2. The number of ether oxygens (including phenoxy) is 1. The molecule has 1 rings (SSSR count). The van der Waals surface area contributed by atoms with Gasteiger partial charge in [0, 0.05) is 0 Å². The molecule has 72 valence electrons. The summed E-state index contributed by atoms with van der Waals surface area (Å²) in [7, 11) is 0. The van der Waals surface area contributed by atoms with Crippen molar-refractivity contribution in [3.8, 4) is 0 Å². The summed E-state index contributed by atoms with van der Waals surface area (Å²) in [6.45, 7) is 0.0710. The quantitative estimate of drug-likeness (QED) is 0.492. The third-order valence-electron chi connectivity index (χ3n) is 1.98. The molecule has 0 bridgehead atoms. The Morgan fingerprint density at radius 1 is 1.25 bits per heavy atom. The lowest BCUT2D eigenvalue weighted by atomic mass is 10.2. The van der Waals surface area contributed by atoms with Gasteiger partial charge in [-0.1, -0.05) is 0 Å². The molecule has 0 aliphatic heterocycles. The average molecular weight is 176 g/mol. The van der Waals surface area contributed by atoms with E-state index in [4.69, 9.17) is 14.9 Å². The summed E-state index contributed by atoms with van der Waals surface area (Å²) < 4.78 is 4.99. The van der Waals surface area contributed by atoms with E-state index in [1.807, 2.05) is 0 Å². The van der Waals surface area contributed by atoms with Gasteiger partial charge in [0.15, 0.2) is 0 Å². The molecule has 0 spiro atoms. The summed E-state index contributed by atoms with van der Waals surface area (Å²) in [4.78, 5) is 0. The first-order valence-corrected chi connectivity index (χ1v) is 4.28. The molecule has 0 aromatic carbocycles. The summed E-state index contributed by atoms with van der Waals surface area (Å²) >= 11 is 0. The first kappa shape index (κ1) is 9.92. The van der Waals surface area contributed by atoms with E-state index in [0.717, 1.165) is 12.8 Å². The van der Waals surface area contributed by atoms with Crippen molar-refractivity contribution in [2.24, 2.45) is 5.92 Å². The molecule has 1 fully saturated rings. The second-order valence-electron chi connectivity index (χ2n) is 3.28. The number of hydrogen-bond acceptors (Lipinski definition) is 4. The van der Waals surface area contributed by atoms with E-state index >= 15 is 0 Å². The Morgan fingerprint density at radius 2 is 1.92 bits per heavy atom. The lowest BCUT2D eigenvalue weighted by Crippen LogP contribution is -2.24. The minimum Gasteiger partial charge on any atom is -0.394 e.